The van der Waals surface area contributed by atoms with Gasteiger partial charge in [0.1, 0.15) is 0 Å². The van der Waals surface area contributed by atoms with Gasteiger partial charge in [-0.05, 0) is 50.8 Å². The number of ether oxygens (including phenoxy) is 2. The van der Waals surface area contributed by atoms with E-state index in [0.717, 1.165) is 32.6 Å². The van der Waals surface area contributed by atoms with Gasteiger partial charge in [-0.1, -0.05) is 30.7 Å². The Morgan fingerprint density at radius 2 is 2.24 bits per heavy atom. The van der Waals surface area contributed by atoms with E-state index in [2.05, 4.69) is 44.3 Å². The molecule has 1 aromatic carbocycles. The molecule has 0 saturated carbocycles. The molecule has 0 spiro atoms. The van der Waals surface area contributed by atoms with Crippen LogP contribution in [0, 0.1) is 13.8 Å². The lowest BCUT2D eigenvalue weighted by Gasteiger charge is -2.22. The molecule has 1 aliphatic rings. The standard InChI is InChI=1S/C18H29NO2/c1-4-9-19-18(13-20-12-16-6-5-10-21-16)17-11-14(2)7-8-15(17)3/h7-8,11,16,18-19H,4-6,9-10,12-13H2,1-3H3. The largest absolute Gasteiger partial charge is 0.377 e. The Hall–Kier alpha value is -0.900. The highest BCUT2D eigenvalue weighted by Crippen LogP contribution is 2.20. The van der Waals surface area contributed by atoms with Crippen LogP contribution in [0.1, 0.15) is 48.9 Å². The van der Waals surface area contributed by atoms with Crippen molar-refractivity contribution in [3.8, 4) is 0 Å². The van der Waals surface area contributed by atoms with Crippen LogP contribution in [0.25, 0.3) is 0 Å². The lowest BCUT2D eigenvalue weighted by molar-refractivity contribution is 0.00992. The second kappa shape index (κ2) is 8.52. The Labute approximate surface area is 129 Å². The Balaban J connectivity index is 1.94. The van der Waals surface area contributed by atoms with Gasteiger partial charge in [0.2, 0.25) is 0 Å². The first-order valence-electron chi connectivity index (χ1n) is 8.20. The minimum absolute atomic E-state index is 0.270. The third-order valence-electron chi connectivity index (χ3n) is 4.06. The average molecular weight is 291 g/mol. The fraction of sp³-hybridized carbons (Fsp3) is 0.667. The first-order chi connectivity index (χ1) is 10.2. The number of rotatable bonds is 8. The molecule has 0 aromatic heterocycles. The van der Waals surface area contributed by atoms with E-state index in [1.54, 1.807) is 0 Å². The van der Waals surface area contributed by atoms with Gasteiger partial charge in [-0.15, -0.1) is 0 Å². The molecule has 2 atom stereocenters. The van der Waals surface area contributed by atoms with Gasteiger partial charge < -0.3 is 14.8 Å². The van der Waals surface area contributed by atoms with E-state index in [1.807, 2.05) is 0 Å². The topological polar surface area (TPSA) is 30.5 Å². The Bertz CT molecular complexity index is 427. The molecule has 3 nitrogen and oxygen atoms in total. The van der Waals surface area contributed by atoms with Crippen LogP contribution < -0.4 is 5.32 Å². The van der Waals surface area contributed by atoms with Crippen molar-refractivity contribution < 1.29 is 9.47 Å². The molecule has 1 aromatic rings. The van der Waals surface area contributed by atoms with E-state index in [9.17, 15) is 0 Å². The van der Waals surface area contributed by atoms with E-state index in [4.69, 9.17) is 9.47 Å². The molecule has 1 N–H and O–H groups in total. The Kier molecular flexibility index (Phi) is 6.68. The van der Waals surface area contributed by atoms with E-state index in [-0.39, 0.29) is 6.04 Å². The lowest BCUT2D eigenvalue weighted by Crippen LogP contribution is -2.28. The highest BCUT2D eigenvalue weighted by atomic mass is 16.5. The maximum Gasteiger partial charge on any atom is 0.0809 e. The zero-order valence-electron chi connectivity index (χ0n) is 13.7. The number of nitrogens with one attached hydrogen (secondary N) is 1. The molecule has 2 rings (SSSR count). The molecule has 0 bridgehead atoms. The zero-order valence-corrected chi connectivity index (χ0v) is 13.7. The fourth-order valence-corrected chi connectivity index (χ4v) is 2.81. The van der Waals surface area contributed by atoms with Crippen LogP contribution in [0.2, 0.25) is 0 Å². The van der Waals surface area contributed by atoms with Crippen LogP contribution >= 0.6 is 0 Å². The molecular weight excluding hydrogens is 262 g/mol. The van der Waals surface area contributed by atoms with Crippen molar-refractivity contribution in [2.75, 3.05) is 26.4 Å². The summed E-state index contributed by atoms with van der Waals surface area (Å²) >= 11 is 0. The minimum Gasteiger partial charge on any atom is -0.377 e. The van der Waals surface area contributed by atoms with Crippen LogP contribution in [-0.2, 0) is 9.47 Å². The molecule has 3 heteroatoms. The SMILES string of the molecule is CCCNC(COCC1CCCO1)c1cc(C)ccc1C. The van der Waals surface area contributed by atoms with E-state index in [1.165, 1.54) is 23.1 Å². The van der Waals surface area contributed by atoms with Crippen LogP contribution in [0.5, 0.6) is 0 Å². The van der Waals surface area contributed by atoms with Crippen molar-refractivity contribution in [1.82, 2.24) is 5.32 Å². The first-order valence-corrected chi connectivity index (χ1v) is 8.20. The summed E-state index contributed by atoms with van der Waals surface area (Å²) in [5.41, 5.74) is 3.99. The predicted molar refractivity (Wildman–Crippen MR) is 86.7 cm³/mol. The molecule has 0 aliphatic carbocycles. The Morgan fingerprint density at radius 1 is 1.38 bits per heavy atom. The molecule has 0 amide bonds. The summed E-state index contributed by atoms with van der Waals surface area (Å²) in [5.74, 6) is 0. The molecule has 1 heterocycles. The summed E-state index contributed by atoms with van der Waals surface area (Å²) in [5, 5.41) is 3.61. The van der Waals surface area contributed by atoms with Crippen molar-refractivity contribution in [3.05, 3.63) is 34.9 Å². The smallest absolute Gasteiger partial charge is 0.0809 e. The summed E-state index contributed by atoms with van der Waals surface area (Å²) in [6.07, 6.45) is 3.74. The van der Waals surface area contributed by atoms with Gasteiger partial charge in [0.15, 0.2) is 0 Å². The van der Waals surface area contributed by atoms with Gasteiger partial charge in [0.25, 0.3) is 0 Å². The van der Waals surface area contributed by atoms with Crippen molar-refractivity contribution in [1.29, 1.82) is 0 Å². The second-order valence-electron chi connectivity index (χ2n) is 6.04. The summed E-state index contributed by atoms with van der Waals surface area (Å²) in [4.78, 5) is 0. The van der Waals surface area contributed by atoms with Crippen molar-refractivity contribution >= 4 is 0 Å². The summed E-state index contributed by atoms with van der Waals surface area (Å²) in [6, 6.07) is 6.91. The quantitative estimate of drug-likeness (QED) is 0.794. The van der Waals surface area contributed by atoms with Crippen LogP contribution in [0.15, 0.2) is 18.2 Å². The van der Waals surface area contributed by atoms with Gasteiger partial charge in [-0.2, -0.15) is 0 Å². The average Bonchev–Trinajstić information content (AvgIpc) is 2.99. The minimum atomic E-state index is 0.270. The maximum atomic E-state index is 5.94. The predicted octanol–water partition coefficient (Wildman–Crippen LogP) is 3.54. The van der Waals surface area contributed by atoms with Crippen LogP contribution in [0.3, 0.4) is 0 Å². The third-order valence-corrected chi connectivity index (χ3v) is 4.06. The van der Waals surface area contributed by atoms with Gasteiger partial charge in [-0.25, -0.2) is 0 Å². The normalized spacial score (nSPS) is 19.9. The molecule has 0 radical (unpaired) electrons. The molecule has 1 saturated heterocycles. The maximum absolute atomic E-state index is 5.94. The van der Waals surface area contributed by atoms with E-state index >= 15 is 0 Å². The molecule has 118 valence electrons. The highest BCUT2D eigenvalue weighted by Gasteiger charge is 2.18. The van der Waals surface area contributed by atoms with Crippen molar-refractivity contribution in [2.24, 2.45) is 0 Å². The van der Waals surface area contributed by atoms with Gasteiger partial charge in [-0.3, -0.25) is 0 Å². The summed E-state index contributed by atoms with van der Waals surface area (Å²) in [7, 11) is 0. The van der Waals surface area contributed by atoms with Gasteiger partial charge in [0.05, 0.1) is 25.4 Å². The molecule has 1 aliphatic heterocycles. The molecule has 21 heavy (non-hydrogen) atoms. The lowest BCUT2D eigenvalue weighted by atomic mass is 9.99. The van der Waals surface area contributed by atoms with Crippen molar-refractivity contribution in [2.45, 2.75) is 52.2 Å². The monoisotopic (exact) mass is 291 g/mol. The summed E-state index contributed by atoms with van der Waals surface area (Å²) < 4.78 is 11.6. The highest BCUT2D eigenvalue weighted by molar-refractivity contribution is 5.33. The third kappa shape index (κ3) is 5.10. The fourth-order valence-electron chi connectivity index (χ4n) is 2.81. The number of aryl methyl sites for hydroxylation is 2. The van der Waals surface area contributed by atoms with Gasteiger partial charge >= 0.3 is 0 Å². The molecule has 2 unspecified atom stereocenters. The zero-order chi connectivity index (χ0) is 15.1. The second-order valence-corrected chi connectivity index (χ2v) is 6.04. The Morgan fingerprint density at radius 3 is 2.95 bits per heavy atom. The number of hydrogen-bond acceptors (Lipinski definition) is 3. The number of benzene rings is 1. The molecule has 1 fully saturated rings. The van der Waals surface area contributed by atoms with E-state index in [0.29, 0.717) is 12.7 Å². The van der Waals surface area contributed by atoms with E-state index < -0.39 is 0 Å². The van der Waals surface area contributed by atoms with Crippen LogP contribution in [-0.4, -0.2) is 32.5 Å². The molecular formula is C18H29NO2. The first kappa shape index (κ1) is 16.5. The van der Waals surface area contributed by atoms with Gasteiger partial charge in [0, 0.05) is 6.61 Å². The summed E-state index contributed by atoms with van der Waals surface area (Å²) in [6.45, 7) is 9.85. The van der Waals surface area contributed by atoms with Crippen molar-refractivity contribution in [3.63, 3.8) is 0 Å². The van der Waals surface area contributed by atoms with Crippen LogP contribution in [0.4, 0.5) is 0 Å². The number of hydrogen-bond donors (Lipinski definition) is 1.